The molecule has 1 saturated heterocycles. The summed E-state index contributed by atoms with van der Waals surface area (Å²) in [6, 6.07) is 7.97. The van der Waals surface area contributed by atoms with E-state index in [1.807, 2.05) is 6.07 Å². The number of likely N-dealkylation sites (tertiary alicyclic amines) is 1. The van der Waals surface area contributed by atoms with Crippen LogP contribution in [0.2, 0.25) is 0 Å². The van der Waals surface area contributed by atoms with Crippen molar-refractivity contribution >= 4 is 27.3 Å². The Kier molecular flexibility index (Phi) is 2.96. The number of carbonyl (C=O) groups excluding carboxylic acids is 1. The Balaban J connectivity index is 1.79. The summed E-state index contributed by atoms with van der Waals surface area (Å²) in [4.78, 5) is 14.2. The predicted octanol–water partition coefficient (Wildman–Crippen LogP) is 2.14. The Hall–Kier alpha value is -1.97. The van der Waals surface area contributed by atoms with E-state index in [0.717, 1.165) is 4.70 Å². The Labute approximate surface area is 118 Å². The second-order valence-corrected chi connectivity index (χ2v) is 6.10. The van der Waals surface area contributed by atoms with Gasteiger partial charge >= 0.3 is 0 Å². The van der Waals surface area contributed by atoms with Gasteiger partial charge in [-0.25, -0.2) is 4.39 Å². The van der Waals surface area contributed by atoms with Crippen molar-refractivity contribution in [1.82, 2.24) is 4.90 Å². The molecule has 0 bridgehead atoms. The number of thiophene rings is 1. The Morgan fingerprint density at radius 3 is 2.95 bits per heavy atom. The van der Waals surface area contributed by atoms with Crippen LogP contribution in [-0.2, 0) is 0 Å². The molecular formula is C14H11FN2O2S. The molecule has 1 aromatic heterocycles. The molecule has 0 spiro atoms. The maximum absolute atomic E-state index is 13.1. The molecule has 4 nitrogen and oxygen atoms in total. The van der Waals surface area contributed by atoms with Crippen molar-refractivity contribution in [2.24, 2.45) is 0 Å². The van der Waals surface area contributed by atoms with Crippen LogP contribution in [0.1, 0.15) is 16.1 Å². The summed E-state index contributed by atoms with van der Waals surface area (Å²) >= 11 is 1.30. The lowest BCUT2D eigenvalue weighted by Gasteiger charge is -2.45. The maximum atomic E-state index is 13.1. The van der Waals surface area contributed by atoms with Crippen molar-refractivity contribution in [2.45, 2.75) is 12.0 Å². The number of carbonyl (C=O) groups is 1. The van der Waals surface area contributed by atoms with Crippen LogP contribution in [0, 0.1) is 17.1 Å². The van der Waals surface area contributed by atoms with E-state index in [1.54, 1.807) is 12.1 Å². The highest BCUT2D eigenvalue weighted by Gasteiger charge is 2.43. The Morgan fingerprint density at radius 1 is 1.50 bits per heavy atom. The average molecular weight is 290 g/mol. The monoisotopic (exact) mass is 290 g/mol. The van der Waals surface area contributed by atoms with Crippen molar-refractivity contribution in [1.29, 1.82) is 5.26 Å². The lowest BCUT2D eigenvalue weighted by molar-refractivity contribution is -0.0768. The zero-order valence-corrected chi connectivity index (χ0v) is 11.3. The lowest BCUT2D eigenvalue weighted by Crippen LogP contribution is -2.63. The zero-order chi connectivity index (χ0) is 14.3. The molecule has 2 aromatic rings. The van der Waals surface area contributed by atoms with E-state index in [2.05, 4.69) is 0 Å². The number of benzene rings is 1. The summed E-state index contributed by atoms with van der Waals surface area (Å²) in [5, 5.41) is 19.2. The van der Waals surface area contributed by atoms with E-state index in [-0.39, 0.29) is 31.2 Å². The number of rotatable bonds is 2. The van der Waals surface area contributed by atoms with E-state index < -0.39 is 5.60 Å². The van der Waals surface area contributed by atoms with E-state index in [4.69, 9.17) is 5.26 Å². The minimum absolute atomic E-state index is 0.0222. The largest absolute Gasteiger partial charge is 0.385 e. The van der Waals surface area contributed by atoms with E-state index in [9.17, 15) is 14.3 Å². The molecule has 0 unspecified atom stereocenters. The fourth-order valence-corrected chi connectivity index (χ4v) is 3.35. The quantitative estimate of drug-likeness (QED) is 0.921. The van der Waals surface area contributed by atoms with Gasteiger partial charge in [0, 0.05) is 4.70 Å². The standard InChI is InChI=1S/C14H11FN2O2S/c15-10-1-2-11-9(5-10)6-12(20-11)13(18)17-7-14(19,8-17)3-4-16/h1-2,5-6,19H,3,7-8H2. The SMILES string of the molecule is N#CCC1(O)CN(C(=O)c2cc3cc(F)ccc3s2)C1. The summed E-state index contributed by atoms with van der Waals surface area (Å²) < 4.78 is 14.0. The van der Waals surface area contributed by atoms with E-state index >= 15 is 0 Å². The minimum atomic E-state index is -1.08. The van der Waals surface area contributed by atoms with Crippen molar-refractivity contribution in [3.05, 3.63) is 35.0 Å². The average Bonchev–Trinajstić information content (AvgIpc) is 2.78. The van der Waals surface area contributed by atoms with E-state index in [0.29, 0.717) is 10.3 Å². The number of hydrogen-bond acceptors (Lipinski definition) is 4. The molecular weight excluding hydrogens is 279 g/mol. The zero-order valence-electron chi connectivity index (χ0n) is 10.5. The molecule has 1 fully saturated rings. The van der Waals surface area contributed by atoms with Gasteiger partial charge in [0.05, 0.1) is 30.5 Å². The van der Waals surface area contributed by atoms with Gasteiger partial charge in [-0.1, -0.05) is 0 Å². The number of aliphatic hydroxyl groups is 1. The number of nitrogens with zero attached hydrogens (tertiary/aromatic N) is 2. The topological polar surface area (TPSA) is 64.3 Å². The highest BCUT2D eigenvalue weighted by atomic mass is 32.1. The first-order valence-corrected chi connectivity index (χ1v) is 6.90. The number of halogens is 1. The van der Waals surface area contributed by atoms with Crippen LogP contribution in [0.3, 0.4) is 0 Å². The smallest absolute Gasteiger partial charge is 0.264 e. The number of hydrogen-bond donors (Lipinski definition) is 1. The molecule has 0 aliphatic carbocycles. The molecule has 0 radical (unpaired) electrons. The molecule has 1 aliphatic heterocycles. The van der Waals surface area contributed by atoms with Gasteiger partial charge in [0.2, 0.25) is 0 Å². The van der Waals surface area contributed by atoms with Gasteiger partial charge in [-0.2, -0.15) is 5.26 Å². The van der Waals surface area contributed by atoms with Crippen molar-refractivity contribution in [2.75, 3.05) is 13.1 Å². The highest BCUT2D eigenvalue weighted by Crippen LogP contribution is 2.31. The third kappa shape index (κ3) is 2.15. The molecule has 0 saturated carbocycles. The van der Waals surface area contributed by atoms with Crippen molar-refractivity contribution in [3.63, 3.8) is 0 Å². The molecule has 1 aromatic carbocycles. The molecule has 1 amide bonds. The second kappa shape index (κ2) is 4.54. The highest BCUT2D eigenvalue weighted by molar-refractivity contribution is 7.20. The summed E-state index contributed by atoms with van der Waals surface area (Å²) in [6.07, 6.45) is 0.0222. The van der Waals surface area contributed by atoms with Gasteiger partial charge in [-0.15, -0.1) is 11.3 Å². The van der Waals surface area contributed by atoms with Crippen LogP contribution in [0.15, 0.2) is 24.3 Å². The van der Waals surface area contributed by atoms with Crippen LogP contribution in [-0.4, -0.2) is 34.6 Å². The molecule has 2 heterocycles. The first kappa shape index (κ1) is 13.0. The fraction of sp³-hybridized carbons (Fsp3) is 0.286. The van der Waals surface area contributed by atoms with Gasteiger partial charge in [0.25, 0.3) is 5.91 Å². The van der Waals surface area contributed by atoms with Crippen molar-refractivity contribution in [3.8, 4) is 6.07 Å². The minimum Gasteiger partial charge on any atom is -0.385 e. The summed E-state index contributed by atoms with van der Waals surface area (Å²) in [6.45, 7) is 0.337. The van der Waals surface area contributed by atoms with Gasteiger partial charge in [-0.05, 0) is 29.7 Å². The molecule has 1 aliphatic rings. The molecule has 20 heavy (non-hydrogen) atoms. The number of amides is 1. The molecule has 6 heteroatoms. The van der Waals surface area contributed by atoms with Gasteiger partial charge in [0.15, 0.2) is 0 Å². The third-order valence-electron chi connectivity index (χ3n) is 3.35. The summed E-state index contributed by atoms with van der Waals surface area (Å²) in [5.74, 6) is -0.518. The summed E-state index contributed by atoms with van der Waals surface area (Å²) in [7, 11) is 0. The van der Waals surface area contributed by atoms with Crippen LogP contribution < -0.4 is 0 Å². The normalized spacial score (nSPS) is 16.8. The van der Waals surface area contributed by atoms with Crippen LogP contribution in [0.4, 0.5) is 4.39 Å². The second-order valence-electron chi connectivity index (χ2n) is 5.01. The van der Waals surface area contributed by atoms with Gasteiger partial charge in [0.1, 0.15) is 11.4 Å². The van der Waals surface area contributed by atoms with Gasteiger partial charge < -0.3 is 10.0 Å². The fourth-order valence-electron chi connectivity index (χ4n) is 2.34. The van der Waals surface area contributed by atoms with E-state index in [1.165, 1.54) is 28.4 Å². The number of β-amino-alcohol motifs (C(OH)–C–C–N with tert-alkyl or cyclic N) is 1. The molecule has 3 rings (SSSR count). The van der Waals surface area contributed by atoms with Crippen LogP contribution in [0.5, 0.6) is 0 Å². The molecule has 1 N–H and O–H groups in total. The lowest BCUT2D eigenvalue weighted by atomic mass is 9.91. The van der Waals surface area contributed by atoms with Gasteiger partial charge in [-0.3, -0.25) is 4.79 Å². The summed E-state index contributed by atoms with van der Waals surface area (Å²) in [5.41, 5.74) is -1.08. The number of fused-ring (bicyclic) bond motifs is 1. The Morgan fingerprint density at radius 2 is 2.25 bits per heavy atom. The Bertz CT molecular complexity index is 728. The first-order valence-electron chi connectivity index (χ1n) is 6.08. The molecule has 0 atom stereocenters. The van der Waals surface area contributed by atoms with Crippen LogP contribution >= 0.6 is 11.3 Å². The maximum Gasteiger partial charge on any atom is 0.264 e. The molecule has 102 valence electrons. The number of nitriles is 1. The third-order valence-corrected chi connectivity index (χ3v) is 4.46. The first-order chi connectivity index (χ1) is 9.50. The van der Waals surface area contributed by atoms with Crippen molar-refractivity contribution < 1.29 is 14.3 Å². The predicted molar refractivity (Wildman–Crippen MR) is 72.9 cm³/mol. The van der Waals surface area contributed by atoms with Crippen LogP contribution in [0.25, 0.3) is 10.1 Å².